The molecule has 0 aromatic heterocycles. The van der Waals surface area contributed by atoms with Crippen molar-refractivity contribution in [2.75, 3.05) is 16.0 Å². The zero-order chi connectivity index (χ0) is 33.1. The molecule has 4 N–H and O–H groups in total. The van der Waals surface area contributed by atoms with Gasteiger partial charge in [0.15, 0.2) is 0 Å². The van der Waals surface area contributed by atoms with E-state index in [1.54, 1.807) is 84.9 Å². The molecule has 234 valence electrons. The quantitative estimate of drug-likeness (QED) is 0.0599. The number of nitro groups is 1. The van der Waals surface area contributed by atoms with E-state index < -0.39 is 22.0 Å². The summed E-state index contributed by atoms with van der Waals surface area (Å²) >= 11 is 1.31. The van der Waals surface area contributed by atoms with E-state index in [4.69, 9.17) is 0 Å². The minimum atomic E-state index is -0.697. The van der Waals surface area contributed by atoms with Gasteiger partial charge in [-0.15, -0.1) is 11.8 Å². The van der Waals surface area contributed by atoms with Crippen LogP contribution in [-0.2, 0) is 14.4 Å². The number of benzene rings is 4. The molecule has 1 unspecified atom stereocenters. The fourth-order valence-electron chi connectivity index (χ4n) is 4.27. The number of nitrogens with zero attached hydrogens (tertiary/aromatic N) is 1. The Labute approximate surface area is 269 Å². The maximum Gasteiger partial charge on any atom is 0.276 e. The highest BCUT2D eigenvalue weighted by atomic mass is 32.2. The molecule has 0 spiro atoms. The lowest BCUT2D eigenvalue weighted by Gasteiger charge is -2.16. The van der Waals surface area contributed by atoms with Gasteiger partial charge < -0.3 is 21.3 Å². The van der Waals surface area contributed by atoms with E-state index in [-0.39, 0.29) is 28.8 Å². The number of amides is 4. The topological polar surface area (TPSA) is 160 Å². The van der Waals surface area contributed by atoms with Gasteiger partial charge >= 0.3 is 0 Å². The fraction of sp³-hybridized carbons (Fsp3) is 0.118. The molecule has 4 amide bonds. The van der Waals surface area contributed by atoms with Crippen LogP contribution in [-0.4, -0.2) is 33.8 Å². The molecule has 0 saturated carbocycles. The highest BCUT2D eigenvalue weighted by molar-refractivity contribution is 8.00. The largest absolute Gasteiger partial charge is 0.326 e. The monoisotopic (exact) mass is 637 g/mol. The van der Waals surface area contributed by atoms with E-state index in [0.29, 0.717) is 33.9 Å². The summed E-state index contributed by atoms with van der Waals surface area (Å²) in [4.78, 5) is 62.5. The molecule has 0 saturated heterocycles. The van der Waals surface area contributed by atoms with Gasteiger partial charge in [-0.2, -0.15) is 0 Å². The summed E-state index contributed by atoms with van der Waals surface area (Å²) in [6.45, 7) is 3.30. The van der Waals surface area contributed by atoms with Crippen molar-refractivity contribution in [3.05, 3.63) is 130 Å². The maximum atomic E-state index is 13.5. The van der Waals surface area contributed by atoms with Crippen molar-refractivity contribution < 1.29 is 24.1 Å². The zero-order valence-corrected chi connectivity index (χ0v) is 25.8. The van der Waals surface area contributed by atoms with Crippen molar-refractivity contribution in [3.8, 4) is 0 Å². The van der Waals surface area contributed by atoms with Gasteiger partial charge in [0.05, 0.1) is 15.7 Å². The van der Waals surface area contributed by atoms with Crippen LogP contribution in [0.1, 0.15) is 36.2 Å². The first-order valence-electron chi connectivity index (χ1n) is 14.2. The molecule has 0 aliphatic heterocycles. The van der Waals surface area contributed by atoms with Crippen LogP contribution >= 0.6 is 11.8 Å². The summed E-state index contributed by atoms with van der Waals surface area (Å²) in [6, 6.07) is 27.8. The third kappa shape index (κ3) is 9.37. The Bertz CT molecular complexity index is 1780. The molecule has 0 bridgehead atoms. The number of para-hydroxylation sites is 1. The third-order valence-electron chi connectivity index (χ3n) is 6.47. The van der Waals surface area contributed by atoms with Crippen molar-refractivity contribution in [2.45, 2.75) is 30.4 Å². The van der Waals surface area contributed by atoms with Gasteiger partial charge in [-0.05, 0) is 73.2 Å². The molecule has 0 aliphatic rings. The number of rotatable bonds is 12. The second-order valence-corrected chi connectivity index (χ2v) is 11.2. The normalized spacial score (nSPS) is 11.6. The summed E-state index contributed by atoms with van der Waals surface area (Å²) in [5.74, 6) is -1.67. The molecule has 4 aromatic rings. The lowest BCUT2D eigenvalue weighted by Crippen LogP contribution is -2.30. The predicted molar refractivity (Wildman–Crippen MR) is 179 cm³/mol. The first kappa shape index (κ1) is 33.1. The summed E-state index contributed by atoms with van der Waals surface area (Å²) < 4.78 is 0. The Balaban J connectivity index is 1.51. The molecular formula is C34H31N5O6S. The Morgan fingerprint density at radius 3 is 2.11 bits per heavy atom. The van der Waals surface area contributed by atoms with Crippen molar-refractivity contribution in [1.82, 2.24) is 5.32 Å². The highest BCUT2D eigenvalue weighted by Gasteiger charge is 2.20. The number of anilines is 3. The van der Waals surface area contributed by atoms with Gasteiger partial charge in [-0.1, -0.05) is 43.3 Å². The fourth-order valence-corrected chi connectivity index (χ4v) is 5.28. The number of nitro benzene ring substituents is 1. The van der Waals surface area contributed by atoms with Crippen LogP contribution in [0.25, 0.3) is 6.08 Å². The van der Waals surface area contributed by atoms with Gasteiger partial charge in [0.2, 0.25) is 11.8 Å². The first-order valence-corrected chi connectivity index (χ1v) is 15.1. The molecule has 4 aromatic carbocycles. The average Bonchev–Trinajstić information content (AvgIpc) is 3.04. The molecule has 12 heteroatoms. The number of nitrogens with one attached hydrogen (secondary N) is 4. The number of hydrogen-bond acceptors (Lipinski definition) is 7. The molecule has 0 radical (unpaired) electrons. The van der Waals surface area contributed by atoms with Gasteiger partial charge in [-0.25, -0.2) is 0 Å². The lowest BCUT2D eigenvalue weighted by molar-refractivity contribution is -0.385. The molecule has 4 rings (SSSR count). The molecule has 0 fully saturated rings. The second kappa shape index (κ2) is 15.8. The SMILES string of the molecule is CCC(Sc1cccc(NC(=O)/C(=C\c2ccccc2[N+](=O)[O-])NC(=O)c2ccccc2)c1)C(=O)Nc1ccc(NC(C)=O)cc1. The van der Waals surface area contributed by atoms with Gasteiger partial charge in [0, 0.05) is 40.5 Å². The molecule has 0 aliphatic carbocycles. The molecule has 1 atom stereocenters. The van der Waals surface area contributed by atoms with E-state index in [0.717, 1.165) is 0 Å². The van der Waals surface area contributed by atoms with Gasteiger partial charge in [0.1, 0.15) is 5.70 Å². The van der Waals surface area contributed by atoms with Crippen LogP contribution in [0.15, 0.2) is 114 Å². The Morgan fingerprint density at radius 1 is 0.804 bits per heavy atom. The van der Waals surface area contributed by atoms with E-state index in [2.05, 4.69) is 21.3 Å². The van der Waals surface area contributed by atoms with E-state index in [1.807, 2.05) is 6.92 Å². The van der Waals surface area contributed by atoms with Crippen LogP contribution in [0.5, 0.6) is 0 Å². The summed E-state index contributed by atoms with van der Waals surface area (Å²) in [6.07, 6.45) is 1.78. The molecule has 11 nitrogen and oxygen atoms in total. The summed E-state index contributed by atoms with van der Waals surface area (Å²) in [5, 5.41) is 22.0. The lowest BCUT2D eigenvalue weighted by atomic mass is 10.1. The number of carbonyl (C=O) groups is 4. The summed E-state index contributed by atoms with van der Waals surface area (Å²) in [5.41, 5.74) is 1.59. The molecule has 0 heterocycles. The smallest absolute Gasteiger partial charge is 0.276 e. The minimum absolute atomic E-state index is 0.136. The standard InChI is InChI=1S/C34H31N5O6S/c1-3-31(34(43)36-26-18-16-25(17-19-26)35-22(2)40)46-28-14-9-13-27(21-28)37-33(42)29(38-32(41)23-10-5-4-6-11-23)20-24-12-7-8-15-30(24)39(44)45/h4-21,31H,3H2,1-2H3,(H,35,40)(H,36,43)(H,37,42)(H,38,41)/b29-20+. The Hall–Kier alpha value is -5.75. The third-order valence-corrected chi connectivity index (χ3v) is 7.83. The van der Waals surface area contributed by atoms with Crippen LogP contribution in [0.3, 0.4) is 0 Å². The van der Waals surface area contributed by atoms with E-state index in [9.17, 15) is 29.3 Å². The van der Waals surface area contributed by atoms with Crippen LogP contribution in [0.2, 0.25) is 0 Å². The van der Waals surface area contributed by atoms with Gasteiger partial charge in [-0.3, -0.25) is 29.3 Å². The zero-order valence-electron chi connectivity index (χ0n) is 25.0. The number of carbonyl (C=O) groups excluding carboxylic acids is 4. The Kier molecular flexibility index (Phi) is 11.4. The minimum Gasteiger partial charge on any atom is -0.326 e. The maximum absolute atomic E-state index is 13.5. The number of hydrogen-bond donors (Lipinski definition) is 4. The van der Waals surface area contributed by atoms with Crippen molar-refractivity contribution in [2.24, 2.45) is 0 Å². The molecule has 46 heavy (non-hydrogen) atoms. The van der Waals surface area contributed by atoms with Crippen LogP contribution in [0, 0.1) is 10.1 Å². The number of thioether (sulfide) groups is 1. The second-order valence-electron chi connectivity index (χ2n) is 9.94. The van der Waals surface area contributed by atoms with Crippen molar-refractivity contribution in [3.63, 3.8) is 0 Å². The molecular weight excluding hydrogens is 606 g/mol. The average molecular weight is 638 g/mol. The first-order chi connectivity index (χ1) is 22.1. The van der Waals surface area contributed by atoms with Crippen molar-refractivity contribution >= 4 is 64.2 Å². The predicted octanol–water partition coefficient (Wildman–Crippen LogP) is 6.47. The summed E-state index contributed by atoms with van der Waals surface area (Å²) in [7, 11) is 0. The van der Waals surface area contributed by atoms with Crippen LogP contribution in [0.4, 0.5) is 22.7 Å². The highest BCUT2D eigenvalue weighted by Crippen LogP contribution is 2.29. The van der Waals surface area contributed by atoms with Gasteiger partial charge in [0.25, 0.3) is 17.5 Å². The van der Waals surface area contributed by atoms with E-state index in [1.165, 1.54) is 43.0 Å². The van der Waals surface area contributed by atoms with E-state index >= 15 is 0 Å². The Morgan fingerprint density at radius 2 is 1.46 bits per heavy atom. The van der Waals surface area contributed by atoms with Crippen LogP contribution < -0.4 is 21.3 Å². The van der Waals surface area contributed by atoms with Crippen molar-refractivity contribution in [1.29, 1.82) is 0 Å².